The zero-order valence-corrected chi connectivity index (χ0v) is 30.5. The molecule has 3 aromatic carbocycles. The number of rotatable bonds is 9. The molecule has 1 N–H and O–H groups in total. The first kappa shape index (κ1) is 38.0. The average molecular weight is 785 g/mol. The van der Waals surface area contributed by atoms with Crippen molar-refractivity contribution in [2.75, 3.05) is 47.8 Å². The van der Waals surface area contributed by atoms with Gasteiger partial charge >= 0.3 is 22.7 Å². The summed E-state index contributed by atoms with van der Waals surface area (Å²) in [6.45, 7) is 0. The number of phenols is 1. The molecule has 4 aliphatic rings. The molecule has 1 saturated carbocycles. The zero-order chi connectivity index (χ0) is 41.5. The lowest BCUT2D eigenvalue weighted by atomic mass is 9.57. The third-order valence-corrected chi connectivity index (χ3v) is 11.2. The lowest BCUT2D eigenvalue weighted by Crippen LogP contribution is -2.43. The average Bonchev–Trinajstić information content (AvgIpc) is 3.56. The van der Waals surface area contributed by atoms with E-state index in [2.05, 4.69) is 0 Å². The molecule has 3 fully saturated rings. The van der Waals surface area contributed by atoms with E-state index in [1.165, 1.54) is 57.4 Å². The van der Waals surface area contributed by atoms with Crippen LogP contribution < -0.4 is 19.6 Å². The summed E-state index contributed by atoms with van der Waals surface area (Å²) in [5, 5.41) is 58.7. The number of amides is 4. The summed E-state index contributed by atoms with van der Waals surface area (Å²) in [5.41, 5.74) is -3.48. The Bertz CT molecular complexity index is 2320. The highest BCUT2D eigenvalue weighted by molar-refractivity contribution is 6.24. The van der Waals surface area contributed by atoms with E-state index in [0.717, 1.165) is 29.2 Å². The second-order valence-electron chi connectivity index (χ2n) is 14.6. The minimum atomic E-state index is -1.21. The van der Waals surface area contributed by atoms with Gasteiger partial charge in [0.1, 0.15) is 5.75 Å². The topological polar surface area (TPSA) is 274 Å². The van der Waals surface area contributed by atoms with E-state index >= 15 is 0 Å². The van der Waals surface area contributed by atoms with Crippen LogP contribution in [0.3, 0.4) is 0 Å². The van der Waals surface area contributed by atoms with Crippen LogP contribution in [-0.2, 0) is 19.2 Å². The van der Waals surface area contributed by atoms with Gasteiger partial charge in [0, 0.05) is 58.4 Å². The minimum Gasteiger partial charge on any atom is -0.508 e. The van der Waals surface area contributed by atoms with Crippen molar-refractivity contribution in [2.45, 2.75) is 18.8 Å². The number of aromatic hydroxyl groups is 1. The molecule has 0 aromatic heterocycles. The molecule has 21 nitrogen and oxygen atoms in total. The fraction of sp³-hybridized carbons (Fsp3) is 0.333. The SMILES string of the molecule is CN(C)c1c([N+](=O)[O-])cc(N2C(=O)[C@H]3[C@H](CC=C4[C@H]3C[C@H]3C(=O)N(c5cc([N+](=O)[O-])c(N(C)C)c([N+](=O)[O-])c5)C(=O)[C@H]3[C@H]4c3ccc(O)cc3)C2=O)cc1[N+](=O)[O-]. The molecule has 4 amide bonds. The van der Waals surface area contributed by atoms with Crippen molar-refractivity contribution < 1.29 is 44.0 Å². The molecule has 294 valence electrons. The number of phenolic OH excluding ortho intramolecular Hbond substituents is 1. The number of benzene rings is 3. The smallest absolute Gasteiger partial charge is 0.301 e. The number of nitrogens with zero attached hydrogens (tertiary/aromatic N) is 8. The number of imide groups is 2. The van der Waals surface area contributed by atoms with Gasteiger partial charge in [0.2, 0.25) is 23.6 Å². The lowest BCUT2D eigenvalue weighted by Gasteiger charge is -2.44. The molecule has 2 heterocycles. The number of allylic oxidation sites excluding steroid dienone is 2. The monoisotopic (exact) mass is 784 g/mol. The van der Waals surface area contributed by atoms with E-state index in [1.807, 2.05) is 0 Å². The lowest BCUT2D eigenvalue weighted by molar-refractivity contribution is -0.392. The van der Waals surface area contributed by atoms with Gasteiger partial charge in [0.25, 0.3) is 0 Å². The Morgan fingerprint density at radius 1 is 0.596 bits per heavy atom. The molecule has 0 bridgehead atoms. The van der Waals surface area contributed by atoms with Gasteiger partial charge in [0.05, 0.1) is 54.7 Å². The molecule has 2 aliphatic heterocycles. The second kappa shape index (κ2) is 13.5. The number of carbonyl (C=O) groups excluding carboxylic acids is 4. The highest BCUT2D eigenvalue weighted by Gasteiger charge is 2.62. The predicted octanol–water partition coefficient (Wildman–Crippen LogP) is 4.20. The van der Waals surface area contributed by atoms with Crippen molar-refractivity contribution in [3.05, 3.63) is 106 Å². The molecular weight excluding hydrogens is 752 g/mol. The normalized spacial score (nSPS) is 23.8. The van der Waals surface area contributed by atoms with Crippen molar-refractivity contribution in [3.8, 4) is 5.75 Å². The molecule has 57 heavy (non-hydrogen) atoms. The van der Waals surface area contributed by atoms with E-state index in [1.54, 1.807) is 6.08 Å². The van der Waals surface area contributed by atoms with Gasteiger partial charge in [0.15, 0.2) is 11.4 Å². The number of carbonyl (C=O) groups is 4. The van der Waals surface area contributed by atoms with Gasteiger partial charge in [-0.15, -0.1) is 0 Å². The van der Waals surface area contributed by atoms with Crippen molar-refractivity contribution in [1.82, 2.24) is 0 Å². The number of fused-ring (bicyclic) bond motifs is 4. The van der Waals surface area contributed by atoms with E-state index in [9.17, 15) is 64.7 Å². The molecular formula is C36H32N8O13. The molecule has 0 spiro atoms. The van der Waals surface area contributed by atoms with E-state index < -0.39 is 113 Å². The minimum absolute atomic E-state index is 0.0419. The highest BCUT2D eigenvalue weighted by atomic mass is 16.6. The number of anilines is 4. The summed E-state index contributed by atoms with van der Waals surface area (Å²) in [7, 11) is 5.44. The van der Waals surface area contributed by atoms with Crippen molar-refractivity contribution in [1.29, 1.82) is 0 Å². The van der Waals surface area contributed by atoms with Gasteiger partial charge < -0.3 is 14.9 Å². The third-order valence-electron chi connectivity index (χ3n) is 11.2. The van der Waals surface area contributed by atoms with Crippen LogP contribution in [0.2, 0.25) is 0 Å². The molecule has 3 aromatic rings. The maximum Gasteiger partial charge on any atom is 0.301 e. The number of nitro benzene ring substituents is 4. The molecule has 0 unspecified atom stereocenters. The quantitative estimate of drug-likeness (QED) is 0.138. The maximum absolute atomic E-state index is 14.5. The van der Waals surface area contributed by atoms with Crippen LogP contribution in [0.1, 0.15) is 24.3 Å². The van der Waals surface area contributed by atoms with Gasteiger partial charge in [-0.05, 0) is 36.5 Å². The first-order valence-corrected chi connectivity index (χ1v) is 17.4. The van der Waals surface area contributed by atoms with E-state index in [0.29, 0.717) is 20.9 Å². The standard InChI is InChI=1S/C36H32N8O13/c1-37(2)31-24(41(50)51)11-17(12-25(31)42(52)53)39-33(46)21-10-9-20-22(29(21)35(39)48)15-23-30(28(20)16-5-7-19(45)8-6-16)36(49)40(34(23)47)18-13-26(43(54)55)32(38(3)4)27(14-18)44(56)57/h5-9,11-14,21-23,28-30,45H,10,15H2,1-4H3/t21-,22+,23+,28-,29-,30+/m0/s1. The first-order valence-electron chi connectivity index (χ1n) is 17.4. The summed E-state index contributed by atoms with van der Waals surface area (Å²) in [6, 6.07) is 9.40. The summed E-state index contributed by atoms with van der Waals surface area (Å²) >= 11 is 0. The fourth-order valence-electron chi connectivity index (χ4n) is 9.06. The van der Waals surface area contributed by atoms with Gasteiger partial charge in [-0.1, -0.05) is 23.8 Å². The molecule has 6 atom stereocenters. The van der Waals surface area contributed by atoms with E-state index in [-0.39, 0.29) is 30.0 Å². The Kier molecular flexibility index (Phi) is 8.97. The number of hydrogen-bond acceptors (Lipinski definition) is 15. The van der Waals surface area contributed by atoms with Gasteiger partial charge in [-0.3, -0.25) is 59.6 Å². The number of nitro groups is 4. The van der Waals surface area contributed by atoms with Crippen LogP contribution in [0, 0.1) is 70.0 Å². The molecule has 2 aliphatic carbocycles. The molecule has 21 heteroatoms. The Balaban J connectivity index is 1.35. The van der Waals surface area contributed by atoms with Crippen molar-refractivity contribution in [2.24, 2.45) is 29.6 Å². The summed E-state index contributed by atoms with van der Waals surface area (Å²) in [5.74, 6) is -9.85. The Labute approximate surface area is 320 Å². The van der Waals surface area contributed by atoms with Gasteiger partial charge in [-0.25, -0.2) is 9.80 Å². The molecule has 7 rings (SSSR count). The summed E-state index contributed by atoms with van der Waals surface area (Å²) < 4.78 is 0. The van der Waals surface area contributed by atoms with Crippen LogP contribution in [0.15, 0.2) is 60.2 Å². The summed E-state index contributed by atoms with van der Waals surface area (Å²) in [6.07, 6.45) is 1.47. The fourth-order valence-corrected chi connectivity index (χ4v) is 9.06. The summed E-state index contributed by atoms with van der Waals surface area (Å²) in [4.78, 5) is 106. The largest absolute Gasteiger partial charge is 0.508 e. The van der Waals surface area contributed by atoms with Crippen molar-refractivity contribution in [3.63, 3.8) is 0 Å². The third kappa shape index (κ3) is 5.76. The Morgan fingerprint density at radius 2 is 1.00 bits per heavy atom. The second-order valence-corrected chi connectivity index (χ2v) is 14.6. The Hall–Kier alpha value is -7.32. The van der Waals surface area contributed by atoms with Crippen LogP contribution in [-0.4, -0.2) is 76.6 Å². The van der Waals surface area contributed by atoms with Crippen molar-refractivity contribution >= 4 is 69.1 Å². The van der Waals surface area contributed by atoms with Crippen LogP contribution >= 0.6 is 0 Å². The van der Waals surface area contributed by atoms with Crippen LogP contribution in [0.25, 0.3) is 0 Å². The highest BCUT2D eigenvalue weighted by Crippen LogP contribution is 2.59. The zero-order valence-electron chi connectivity index (χ0n) is 30.5. The van der Waals surface area contributed by atoms with Crippen LogP contribution in [0.5, 0.6) is 5.75 Å². The first-order chi connectivity index (χ1) is 26.8. The maximum atomic E-state index is 14.5. The molecule has 2 saturated heterocycles. The number of hydrogen-bond donors (Lipinski definition) is 1. The van der Waals surface area contributed by atoms with Crippen LogP contribution in [0.4, 0.5) is 45.5 Å². The van der Waals surface area contributed by atoms with E-state index in [4.69, 9.17) is 0 Å². The molecule has 0 radical (unpaired) electrons. The predicted molar refractivity (Wildman–Crippen MR) is 199 cm³/mol. The Morgan fingerprint density at radius 3 is 1.40 bits per heavy atom. The van der Waals surface area contributed by atoms with Gasteiger partial charge in [-0.2, -0.15) is 0 Å².